The Balaban J connectivity index is 1.67. The van der Waals surface area contributed by atoms with Gasteiger partial charge in [0.2, 0.25) is 0 Å². The third kappa shape index (κ3) is 5.22. The fraction of sp³-hybridized carbons (Fsp3) is 0.259. The smallest absolute Gasteiger partial charge is 0.337 e. The summed E-state index contributed by atoms with van der Waals surface area (Å²) in [5, 5.41) is 0. The molecule has 3 aromatic rings. The molecular weight excluding hydrogens is 561 g/mol. The molecule has 3 aromatic carbocycles. The molecule has 0 radical (unpaired) electrons. The lowest BCUT2D eigenvalue weighted by atomic mass is 9.91. The van der Waals surface area contributed by atoms with E-state index in [1.807, 2.05) is 41.3 Å². The number of ether oxygens (including phenoxy) is 4. The van der Waals surface area contributed by atoms with E-state index in [-0.39, 0.29) is 18.6 Å². The topological polar surface area (TPSA) is 74.3 Å². The largest absolute Gasteiger partial charge is 0.493 e. The van der Waals surface area contributed by atoms with Gasteiger partial charge in [0.25, 0.3) is 5.91 Å². The number of benzene rings is 3. The number of methoxy groups -OCH3 is 3. The van der Waals surface area contributed by atoms with Crippen molar-refractivity contribution >= 4 is 34.5 Å². The highest BCUT2D eigenvalue weighted by atomic mass is 127. The molecule has 4 rings (SSSR count). The van der Waals surface area contributed by atoms with Crippen LogP contribution in [0, 0.1) is 3.57 Å². The Hall–Kier alpha value is -3.27. The van der Waals surface area contributed by atoms with Crippen molar-refractivity contribution in [2.24, 2.45) is 0 Å². The first-order valence-corrected chi connectivity index (χ1v) is 12.2. The van der Waals surface area contributed by atoms with E-state index >= 15 is 0 Å². The third-order valence-electron chi connectivity index (χ3n) is 6.05. The van der Waals surface area contributed by atoms with Gasteiger partial charge in [-0.2, -0.15) is 0 Å². The van der Waals surface area contributed by atoms with Crippen LogP contribution < -0.4 is 14.2 Å². The molecule has 0 fully saturated rings. The Morgan fingerprint density at radius 2 is 1.66 bits per heavy atom. The van der Waals surface area contributed by atoms with Crippen molar-refractivity contribution in [3.05, 3.63) is 86.5 Å². The first-order chi connectivity index (χ1) is 17.0. The van der Waals surface area contributed by atoms with Gasteiger partial charge in [-0.15, -0.1) is 0 Å². The van der Waals surface area contributed by atoms with Crippen LogP contribution in [0.2, 0.25) is 0 Å². The first kappa shape index (κ1) is 24.8. The Morgan fingerprint density at radius 3 is 2.31 bits per heavy atom. The minimum absolute atomic E-state index is 0.0509. The van der Waals surface area contributed by atoms with Crippen LogP contribution in [0.1, 0.15) is 37.9 Å². The minimum Gasteiger partial charge on any atom is -0.493 e. The number of hydrogen-bond acceptors (Lipinski definition) is 6. The molecule has 182 valence electrons. The van der Waals surface area contributed by atoms with Crippen molar-refractivity contribution in [2.75, 3.05) is 34.5 Å². The number of rotatable bonds is 7. The summed E-state index contributed by atoms with van der Waals surface area (Å²) in [4.78, 5) is 27.2. The van der Waals surface area contributed by atoms with Crippen LogP contribution in [-0.2, 0) is 11.2 Å². The third-order valence-corrected chi connectivity index (χ3v) is 6.99. The number of fused-ring (bicyclic) bond motifs is 1. The molecule has 0 aromatic heterocycles. The first-order valence-electron chi connectivity index (χ1n) is 11.1. The zero-order valence-electron chi connectivity index (χ0n) is 19.7. The van der Waals surface area contributed by atoms with Gasteiger partial charge in [0.15, 0.2) is 11.5 Å². The predicted molar refractivity (Wildman–Crippen MR) is 139 cm³/mol. The van der Waals surface area contributed by atoms with E-state index in [0.717, 1.165) is 14.7 Å². The summed E-state index contributed by atoms with van der Waals surface area (Å²) >= 11 is 2.19. The summed E-state index contributed by atoms with van der Waals surface area (Å²) in [5.41, 5.74) is 3.14. The molecule has 1 unspecified atom stereocenters. The van der Waals surface area contributed by atoms with Gasteiger partial charge in [-0.05, 0) is 88.7 Å². The molecule has 0 N–H and O–H groups in total. The van der Waals surface area contributed by atoms with Gasteiger partial charge in [0.1, 0.15) is 12.4 Å². The Labute approximate surface area is 218 Å². The van der Waals surface area contributed by atoms with Gasteiger partial charge < -0.3 is 23.8 Å². The van der Waals surface area contributed by atoms with Gasteiger partial charge in [-0.3, -0.25) is 4.79 Å². The van der Waals surface area contributed by atoms with Crippen LogP contribution >= 0.6 is 22.6 Å². The molecule has 0 bridgehead atoms. The second-order valence-corrected chi connectivity index (χ2v) is 9.14. The lowest BCUT2D eigenvalue weighted by Gasteiger charge is -2.38. The molecular formula is C27H26INO6. The number of esters is 1. The number of carbonyl (C=O) groups excluding carboxylic acids is 2. The van der Waals surface area contributed by atoms with Crippen molar-refractivity contribution in [1.29, 1.82) is 0 Å². The fourth-order valence-electron chi connectivity index (χ4n) is 4.22. The van der Waals surface area contributed by atoms with Crippen LogP contribution in [0.4, 0.5) is 0 Å². The average molecular weight is 587 g/mol. The molecule has 0 aliphatic carbocycles. The molecule has 35 heavy (non-hydrogen) atoms. The van der Waals surface area contributed by atoms with E-state index in [0.29, 0.717) is 41.3 Å². The summed E-state index contributed by atoms with van der Waals surface area (Å²) in [6.45, 7) is 0.775. The molecule has 1 amide bonds. The number of hydrogen-bond donors (Lipinski definition) is 0. The molecule has 7 nitrogen and oxygen atoms in total. The maximum absolute atomic E-state index is 13.6. The van der Waals surface area contributed by atoms with E-state index in [1.54, 1.807) is 38.5 Å². The second kappa shape index (κ2) is 11.0. The zero-order valence-corrected chi connectivity index (χ0v) is 21.9. The number of amides is 1. The molecule has 0 spiro atoms. The SMILES string of the molecule is COC(=O)c1ccc(OCC2c3cc(OC)c(OC)cc3CCN2C(=O)c2ccccc2I)cc1. The predicted octanol–water partition coefficient (Wildman–Crippen LogP) is 4.91. The van der Waals surface area contributed by atoms with Crippen molar-refractivity contribution in [3.8, 4) is 17.2 Å². The maximum atomic E-state index is 13.6. The van der Waals surface area contributed by atoms with Crippen LogP contribution in [0.15, 0.2) is 60.7 Å². The van der Waals surface area contributed by atoms with Crippen LogP contribution in [0.3, 0.4) is 0 Å². The summed E-state index contributed by atoms with van der Waals surface area (Å²) in [6, 6.07) is 17.9. The summed E-state index contributed by atoms with van der Waals surface area (Å²) in [5.74, 6) is 1.38. The van der Waals surface area contributed by atoms with E-state index in [2.05, 4.69) is 22.6 Å². The van der Waals surface area contributed by atoms with Crippen LogP contribution in [0.5, 0.6) is 17.2 Å². The highest BCUT2D eigenvalue weighted by Gasteiger charge is 2.34. The lowest BCUT2D eigenvalue weighted by Crippen LogP contribution is -2.42. The normalized spacial score (nSPS) is 14.6. The van der Waals surface area contributed by atoms with Gasteiger partial charge in [0, 0.05) is 10.1 Å². The van der Waals surface area contributed by atoms with Crippen LogP contribution in [0.25, 0.3) is 0 Å². The monoisotopic (exact) mass is 587 g/mol. The quantitative estimate of drug-likeness (QED) is 0.289. The summed E-state index contributed by atoms with van der Waals surface area (Å²) in [7, 11) is 4.55. The number of halogens is 1. The molecule has 1 heterocycles. The molecule has 8 heteroatoms. The number of carbonyl (C=O) groups is 2. The second-order valence-electron chi connectivity index (χ2n) is 7.98. The number of nitrogens with zero attached hydrogens (tertiary/aromatic N) is 1. The maximum Gasteiger partial charge on any atom is 0.337 e. The van der Waals surface area contributed by atoms with Crippen molar-refractivity contribution < 1.29 is 28.5 Å². The Morgan fingerprint density at radius 1 is 0.971 bits per heavy atom. The highest BCUT2D eigenvalue weighted by molar-refractivity contribution is 14.1. The van der Waals surface area contributed by atoms with Crippen molar-refractivity contribution in [2.45, 2.75) is 12.5 Å². The Kier molecular flexibility index (Phi) is 7.80. The Bertz CT molecular complexity index is 1230. The van der Waals surface area contributed by atoms with E-state index in [9.17, 15) is 9.59 Å². The average Bonchev–Trinajstić information content (AvgIpc) is 2.90. The zero-order chi connectivity index (χ0) is 24.9. The standard InChI is InChI=1S/C27H26INO6/c1-32-24-14-18-12-13-29(26(30)20-6-4-5-7-22(20)28)23(21(18)15-25(24)33-2)16-35-19-10-8-17(9-11-19)27(31)34-3/h4-11,14-15,23H,12-13,16H2,1-3H3. The highest BCUT2D eigenvalue weighted by Crippen LogP contribution is 2.39. The minimum atomic E-state index is -0.409. The molecule has 0 saturated carbocycles. The van der Waals surface area contributed by atoms with Crippen molar-refractivity contribution in [1.82, 2.24) is 4.90 Å². The van der Waals surface area contributed by atoms with Gasteiger partial charge in [-0.25, -0.2) is 4.79 Å². The molecule has 1 atom stereocenters. The van der Waals surface area contributed by atoms with Gasteiger partial charge in [-0.1, -0.05) is 12.1 Å². The molecule has 1 aliphatic rings. The van der Waals surface area contributed by atoms with E-state index < -0.39 is 5.97 Å². The molecule has 0 saturated heterocycles. The van der Waals surface area contributed by atoms with E-state index in [1.165, 1.54) is 7.11 Å². The van der Waals surface area contributed by atoms with Gasteiger partial charge >= 0.3 is 5.97 Å². The van der Waals surface area contributed by atoms with Crippen LogP contribution in [-0.4, -0.2) is 51.3 Å². The molecule has 1 aliphatic heterocycles. The fourth-order valence-corrected chi connectivity index (χ4v) is 4.84. The van der Waals surface area contributed by atoms with Crippen molar-refractivity contribution in [3.63, 3.8) is 0 Å². The van der Waals surface area contributed by atoms with E-state index in [4.69, 9.17) is 18.9 Å². The lowest BCUT2D eigenvalue weighted by molar-refractivity contribution is 0.0582. The summed E-state index contributed by atoms with van der Waals surface area (Å²) in [6.07, 6.45) is 0.690. The summed E-state index contributed by atoms with van der Waals surface area (Å²) < 4.78 is 22.8. The van der Waals surface area contributed by atoms with Gasteiger partial charge in [0.05, 0.1) is 38.5 Å².